The number of nitrogens with zero attached hydrogens (tertiary/aromatic N) is 1. The Labute approximate surface area is 170 Å². The van der Waals surface area contributed by atoms with Gasteiger partial charge >= 0.3 is 0 Å². The quantitative estimate of drug-likeness (QED) is 0.397. The monoisotopic (exact) mass is 401 g/mol. The summed E-state index contributed by atoms with van der Waals surface area (Å²) in [5.74, 6) is 0.534. The van der Waals surface area contributed by atoms with E-state index in [1.807, 2.05) is 72.8 Å². The molecule has 0 aliphatic carbocycles. The zero-order valence-corrected chi connectivity index (χ0v) is 17.0. The maximum Gasteiger partial charge on any atom is 0.123 e. The third-order valence-corrected chi connectivity index (χ3v) is 8.47. The van der Waals surface area contributed by atoms with Gasteiger partial charge in [0, 0.05) is 15.9 Å². The molecule has 0 atom stereocenters. The van der Waals surface area contributed by atoms with Gasteiger partial charge in [-0.05, 0) is 48.5 Å². The normalized spacial score (nSPS) is 11.1. The van der Waals surface area contributed by atoms with Crippen molar-refractivity contribution < 1.29 is 9.13 Å². The molecule has 0 spiro atoms. The zero-order chi connectivity index (χ0) is 20.1. The minimum atomic E-state index is -2.40. The fraction of sp³-hybridized carbons (Fsp3) is 0.0400. The van der Waals surface area contributed by atoms with Crippen molar-refractivity contribution in [2.45, 2.75) is 0 Å². The van der Waals surface area contributed by atoms with Crippen molar-refractivity contribution in [3.05, 3.63) is 115 Å². The summed E-state index contributed by atoms with van der Waals surface area (Å²) < 4.78 is 24.4. The standard InChI is InChI=1S/C25H21FNOP/c1-28-22-16-14-21(15-17-22)27-29(23-8-4-2-5-9-23,24-10-6-3-7-11-24)25-18-12-20(26)13-19-25/h2-19H,1H3. The maximum absolute atomic E-state index is 13.8. The summed E-state index contributed by atoms with van der Waals surface area (Å²) in [6.45, 7) is 0. The largest absolute Gasteiger partial charge is 0.497 e. The number of ether oxygens (including phenoxy) is 1. The van der Waals surface area contributed by atoms with Crippen LogP contribution in [0.3, 0.4) is 0 Å². The van der Waals surface area contributed by atoms with E-state index in [1.165, 1.54) is 12.1 Å². The third kappa shape index (κ3) is 3.87. The van der Waals surface area contributed by atoms with Gasteiger partial charge in [0.25, 0.3) is 0 Å². The molecule has 0 amide bonds. The first-order valence-electron chi connectivity index (χ1n) is 9.36. The Bertz CT molecular complexity index is 1080. The van der Waals surface area contributed by atoms with E-state index < -0.39 is 7.05 Å². The highest BCUT2D eigenvalue weighted by Crippen LogP contribution is 2.49. The summed E-state index contributed by atoms with van der Waals surface area (Å²) in [6, 6.07) is 35.0. The molecule has 29 heavy (non-hydrogen) atoms. The van der Waals surface area contributed by atoms with Crippen LogP contribution < -0.4 is 20.7 Å². The lowest BCUT2D eigenvalue weighted by Gasteiger charge is -2.27. The molecule has 4 rings (SSSR count). The second-order valence-corrected chi connectivity index (χ2v) is 9.60. The average molecular weight is 401 g/mol. The van der Waals surface area contributed by atoms with E-state index in [9.17, 15) is 4.39 Å². The summed E-state index contributed by atoms with van der Waals surface area (Å²) in [7, 11) is -0.752. The van der Waals surface area contributed by atoms with Gasteiger partial charge < -0.3 is 4.74 Å². The van der Waals surface area contributed by atoms with Gasteiger partial charge in [-0.15, -0.1) is 0 Å². The highest BCUT2D eigenvalue weighted by molar-refractivity contribution is 7.87. The molecule has 0 aromatic heterocycles. The molecular formula is C25H21FNOP. The predicted molar refractivity (Wildman–Crippen MR) is 120 cm³/mol. The van der Waals surface area contributed by atoms with Gasteiger partial charge in [-0.3, -0.25) is 4.74 Å². The molecule has 0 aliphatic heterocycles. The van der Waals surface area contributed by atoms with E-state index in [4.69, 9.17) is 9.48 Å². The van der Waals surface area contributed by atoms with Crippen LogP contribution >= 0.6 is 7.05 Å². The van der Waals surface area contributed by atoms with Crippen molar-refractivity contribution in [2.24, 2.45) is 4.74 Å². The maximum atomic E-state index is 13.8. The van der Waals surface area contributed by atoms with Crippen LogP contribution in [0.1, 0.15) is 0 Å². The Morgan fingerprint density at radius 3 is 1.59 bits per heavy atom. The van der Waals surface area contributed by atoms with Gasteiger partial charge in [0.1, 0.15) is 11.6 Å². The van der Waals surface area contributed by atoms with Crippen LogP contribution in [0.15, 0.2) is 114 Å². The average Bonchev–Trinajstić information content (AvgIpc) is 2.80. The highest BCUT2D eigenvalue weighted by Gasteiger charge is 2.27. The molecule has 2 nitrogen and oxygen atoms in total. The predicted octanol–water partition coefficient (Wildman–Crippen LogP) is 5.64. The van der Waals surface area contributed by atoms with Crippen molar-refractivity contribution >= 4 is 28.7 Å². The molecule has 0 unspecified atom stereocenters. The number of hydrogen-bond donors (Lipinski definition) is 0. The van der Waals surface area contributed by atoms with Crippen molar-refractivity contribution in [3.63, 3.8) is 0 Å². The molecule has 0 N–H and O–H groups in total. The SMILES string of the molecule is COc1ccc(N=P(c2ccccc2)(c2ccccc2)c2ccc(F)cc2)cc1. The van der Waals surface area contributed by atoms with E-state index in [0.717, 1.165) is 27.4 Å². The first-order chi connectivity index (χ1) is 14.2. The van der Waals surface area contributed by atoms with E-state index in [2.05, 4.69) is 24.3 Å². The molecule has 0 aliphatic rings. The topological polar surface area (TPSA) is 21.6 Å². The number of methoxy groups -OCH3 is 1. The molecule has 0 fully saturated rings. The molecule has 4 heteroatoms. The van der Waals surface area contributed by atoms with Crippen molar-refractivity contribution in [2.75, 3.05) is 7.11 Å². The van der Waals surface area contributed by atoms with Crippen LogP contribution in [0.5, 0.6) is 5.75 Å². The number of rotatable bonds is 5. The van der Waals surface area contributed by atoms with Crippen LogP contribution in [0, 0.1) is 5.82 Å². The van der Waals surface area contributed by atoms with Gasteiger partial charge in [-0.1, -0.05) is 60.7 Å². The molecule has 4 aromatic rings. The van der Waals surface area contributed by atoms with E-state index in [-0.39, 0.29) is 5.82 Å². The molecule has 0 saturated carbocycles. The number of benzene rings is 4. The van der Waals surface area contributed by atoms with Crippen molar-refractivity contribution in [3.8, 4) is 5.75 Å². The fourth-order valence-corrected chi connectivity index (χ4v) is 6.90. The number of hydrogen-bond acceptors (Lipinski definition) is 2. The van der Waals surface area contributed by atoms with Crippen LogP contribution in [0.2, 0.25) is 0 Å². The van der Waals surface area contributed by atoms with Gasteiger partial charge in [0.05, 0.1) is 19.9 Å². The highest BCUT2D eigenvalue weighted by atomic mass is 31.2. The molecule has 0 heterocycles. The second-order valence-electron chi connectivity index (χ2n) is 6.58. The second kappa shape index (κ2) is 8.46. The van der Waals surface area contributed by atoms with E-state index >= 15 is 0 Å². The molecule has 0 saturated heterocycles. The van der Waals surface area contributed by atoms with Crippen molar-refractivity contribution in [1.82, 2.24) is 0 Å². The Balaban J connectivity index is 2.08. The first-order valence-corrected chi connectivity index (χ1v) is 11.1. The lowest BCUT2D eigenvalue weighted by Crippen LogP contribution is -2.25. The summed E-state index contributed by atoms with van der Waals surface area (Å²) in [5, 5.41) is 3.24. The Kier molecular flexibility index (Phi) is 5.59. The third-order valence-electron chi connectivity index (χ3n) is 4.80. The van der Waals surface area contributed by atoms with Crippen LogP contribution in [0.4, 0.5) is 10.1 Å². The number of halogens is 1. The van der Waals surface area contributed by atoms with Crippen LogP contribution in [0.25, 0.3) is 0 Å². The zero-order valence-electron chi connectivity index (χ0n) is 16.1. The summed E-state index contributed by atoms with van der Waals surface area (Å²) in [6.07, 6.45) is 0. The first kappa shape index (κ1) is 19.2. The Hall–Kier alpha value is -3.16. The Morgan fingerprint density at radius 1 is 0.621 bits per heavy atom. The van der Waals surface area contributed by atoms with Crippen molar-refractivity contribution in [1.29, 1.82) is 0 Å². The summed E-state index contributed by atoms with van der Waals surface area (Å²) in [4.78, 5) is 0. The molecule has 4 aromatic carbocycles. The summed E-state index contributed by atoms with van der Waals surface area (Å²) in [5.41, 5.74) is 0.858. The van der Waals surface area contributed by atoms with Crippen LogP contribution in [-0.4, -0.2) is 7.11 Å². The van der Waals surface area contributed by atoms with E-state index in [0.29, 0.717) is 0 Å². The lowest BCUT2D eigenvalue weighted by molar-refractivity contribution is 0.415. The van der Waals surface area contributed by atoms with Crippen LogP contribution in [-0.2, 0) is 0 Å². The molecule has 0 bridgehead atoms. The van der Waals surface area contributed by atoms with Gasteiger partial charge in [0.2, 0.25) is 0 Å². The molecule has 0 radical (unpaired) electrons. The van der Waals surface area contributed by atoms with Gasteiger partial charge in [-0.2, -0.15) is 0 Å². The smallest absolute Gasteiger partial charge is 0.123 e. The minimum Gasteiger partial charge on any atom is -0.497 e. The lowest BCUT2D eigenvalue weighted by atomic mass is 10.3. The molecular weight excluding hydrogens is 380 g/mol. The van der Waals surface area contributed by atoms with Gasteiger partial charge in [0.15, 0.2) is 0 Å². The molecule has 144 valence electrons. The fourth-order valence-electron chi connectivity index (χ4n) is 3.39. The van der Waals surface area contributed by atoms with E-state index in [1.54, 1.807) is 7.11 Å². The van der Waals surface area contributed by atoms with Gasteiger partial charge in [-0.25, -0.2) is 4.39 Å². The summed E-state index contributed by atoms with van der Waals surface area (Å²) >= 11 is 0. The minimum absolute atomic E-state index is 0.252. The Morgan fingerprint density at radius 2 is 1.10 bits per heavy atom.